The molecule has 21 heavy (non-hydrogen) atoms. The average molecular weight is 281 g/mol. The monoisotopic (exact) mass is 281 g/mol. The molecule has 2 rings (SSSR count). The minimum atomic E-state index is -0.350. The van der Waals surface area contributed by atoms with Crippen LogP contribution in [0.15, 0.2) is 54.6 Å². The van der Waals surface area contributed by atoms with Gasteiger partial charge >= 0.3 is 5.97 Å². The average Bonchev–Trinajstić information content (AvgIpc) is 2.53. The van der Waals surface area contributed by atoms with Gasteiger partial charge in [0.25, 0.3) is 0 Å². The van der Waals surface area contributed by atoms with E-state index in [1.54, 1.807) is 6.08 Å². The van der Waals surface area contributed by atoms with Crippen molar-refractivity contribution in [3.63, 3.8) is 0 Å². The highest BCUT2D eigenvalue weighted by molar-refractivity contribution is 5.86. The molecule has 0 aliphatic heterocycles. The summed E-state index contributed by atoms with van der Waals surface area (Å²) in [7, 11) is 1.37. The molecular formula is C18H19NO2. The van der Waals surface area contributed by atoms with Crippen molar-refractivity contribution in [2.45, 2.75) is 13.5 Å². The summed E-state index contributed by atoms with van der Waals surface area (Å²) in [5, 5.41) is 3.37. The van der Waals surface area contributed by atoms with Crippen LogP contribution in [0.5, 0.6) is 0 Å². The first-order valence-corrected chi connectivity index (χ1v) is 6.83. The molecule has 1 N–H and O–H groups in total. The minimum absolute atomic E-state index is 0.350. The lowest BCUT2D eigenvalue weighted by atomic mass is 10.1. The molecule has 0 aliphatic carbocycles. The van der Waals surface area contributed by atoms with E-state index in [1.165, 1.54) is 24.3 Å². The zero-order valence-electron chi connectivity index (χ0n) is 12.3. The molecule has 2 aromatic carbocycles. The van der Waals surface area contributed by atoms with E-state index in [2.05, 4.69) is 41.2 Å². The molecule has 0 fully saturated rings. The van der Waals surface area contributed by atoms with E-state index in [9.17, 15) is 4.79 Å². The Morgan fingerprint density at radius 3 is 2.38 bits per heavy atom. The number of hydrogen-bond acceptors (Lipinski definition) is 3. The molecule has 108 valence electrons. The van der Waals surface area contributed by atoms with Crippen LogP contribution >= 0.6 is 0 Å². The van der Waals surface area contributed by atoms with Gasteiger partial charge in [-0.05, 0) is 36.3 Å². The summed E-state index contributed by atoms with van der Waals surface area (Å²) in [6, 6.07) is 16.4. The summed E-state index contributed by atoms with van der Waals surface area (Å²) in [5.41, 5.74) is 4.52. The van der Waals surface area contributed by atoms with Crippen LogP contribution < -0.4 is 5.32 Å². The summed E-state index contributed by atoms with van der Waals surface area (Å²) >= 11 is 0. The second kappa shape index (κ2) is 7.29. The highest BCUT2D eigenvalue weighted by Gasteiger charge is 1.96. The first-order chi connectivity index (χ1) is 10.2. The Hall–Kier alpha value is -2.55. The molecule has 0 spiro atoms. The highest BCUT2D eigenvalue weighted by atomic mass is 16.5. The molecule has 0 bridgehead atoms. The molecule has 0 atom stereocenters. The topological polar surface area (TPSA) is 38.3 Å². The molecule has 0 unspecified atom stereocenters. The fraction of sp³-hybridized carbons (Fsp3) is 0.167. The zero-order valence-corrected chi connectivity index (χ0v) is 12.3. The Morgan fingerprint density at radius 2 is 1.76 bits per heavy atom. The van der Waals surface area contributed by atoms with Gasteiger partial charge in [-0.15, -0.1) is 0 Å². The van der Waals surface area contributed by atoms with Crippen molar-refractivity contribution in [2.75, 3.05) is 12.4 Å². The second-order valence-electron chi connectivity index (χ2n) is 4.82. The summed E-state index contributed by atoms with van der Waals surface area (Å²) in [5.74, 6) is -0.350. The van der Waals surface area contributed by atoms with Gasteiger partial charge in [0, 0.05) is 18.3 Å². The normalized spacial score (nSPS) is 10.6. The van der Waals surface area contributed by atoms with Crippen LogP contribution in [0.2, 0.25) is 0 Å². The SMILES string of the molecule is COC(=O)/C=C/c1ccc(NCc2ccc(C)cc2)cc1. The number of anilines is 1. The third kappa shape index (κ3) is 4.80. The summed E-state index contributed by atoms with van der Waals surface area (Å²) < 4.78 is 4.55. The van der Waals surface area contributed by atoms with Crippen molar-refractivity contribution >= 4 is 17.7 Å². The molecule has 0 amide bonds. The third-order valence-corrected chi connectivity index (χ3v) is 3.14. The van der Waals surface area contributed by atoms with E-state index < -0.39 is 0 Å². The number of aryl methyl sites for hydroxylation is 1. The molecule has 3 nitrogen and oxygen atoms in total. The van der Waals surface area contributed by atoms with E-state index >= 15 is 0 Å². The number of methoxy groups -OCH3 is 1. The van der Waals surface area contributed by atoms with Crippen LogP contribution in [-0.2, 0) is 16.1 Å². The smallest absolute Gasteiger partial charge is 0.330 e. The van der Waals surface area contributed by atoms with E-state index in [4.69, 9.17) is 0 Å². The predicted octanol–water partition coefficient (Wildman–Crippen LogP) is 3.79. The maximum atomic E-state index is 11.0. The Labute approximate surface area is 125 Å². The number of nitrogens with one attached hydrogen (secondary N) is 1. The van der Waals surface area contributed by atoms with Crippen LogP contribution in [0.25, 0.3) is 6.08 Å². The molecule has 0 aliphatic rings. The zero-order chi connectivity index (χ0) is 15.1. The van der Waals surface area contributed by atoms with Crippen LogP contribution in [-0.4, -0.2) is 13.1 Å². The van der Waals surface area contributed by atoms with Crippen molar-refractivity contribution in [3.8, 4) is 0 Å². The molecule has 0 heterocycles. The summed E-state index contributed by atoms with van der Waals surface area (Å²) in [6.07, 6.45) is 3.14. The molecule has 3 heteroatoms. The molecule has 2 aromatic rings. The van der Waals surface area contributed by atoms with E-state index in [-0.39, 0.29) is 5.97 Å². The summed E-state index contributed by atoms with van der Waals surface area (Å²) in [4.78, 5) is 11.0. The molecule has 0 radical (unpaired) electrons. The number of esters is 1. The first-order valence-electron chi connectivity index (χ1n) is 6.83. The number of carbonyl (C=O) groups is 1. The number of ether oxygens (including phenoxy) is 1. The maximum Gasteiger partial charge on any atom is 0.330 e. The Balaban J connectivity index is 1.91. The predicted molar refractivity (Wildman–Crippen MR) is 86.0 cm³/mol. The van der Waals surface area contributed by atoms with Crippen molar-refractivity contribution in [1.29, 1.82) is 0 Å². The summed E-state index contributed by atoms with van der Waals surface area (Å²) in [6.45, 7) is 2.87. The molecular weight excluding hydrogens is 262 g/mol. The number of benzene rings is 2. The van der Waals surface area contributed by atoms with Crippen LogP contribution in [0, 0.1) is 6.92 Å². The molecule has 0 saturated carbocycles. The Bertz CT molecular complexity index is 613. The molecule has 0 aromatic heterocycles. The quantitative estimate of drug-likeness (QED) is 0.669. The largest absolute Gasteiger partial charge is 0.466 e. The van der Waals surface area contributed by atoms with Crippen LogP contribution in [0.4, 0.5) is 5.69 Å². The van der Waals surface area contributed by atoms with Gasteiger partial charge in [-0.2, -0.15) is 0 Å². The number of carbonyl (C=O) groups excluding carboxylic acids is 1. The fourth-order valence-electron chi connectivity index (χ4n) is 1.85. The first kappa shape index (κ1) is 14.9. The third-order valence-electron chi connectivity index (χ3n) is 3.14. The van der Waals surface area contributed by atoms with Crippen molar-refractivity contribution < 1.29 is 9.53 Å². The van der Waals surface area contributed by atoms with Gasteiger partial charge < -0.3 is 10.1 Å². The van der Waals surface area contributed by atoms with Crippen LogP contribution in [0.1, 0.15) is 16.7 Å². The van der Waals surface area contributed by atoms with Gasteiger partial charge in [0.1, 0.15) is 0 Å². The molecule has 0 saturated heterocycles. The highest BCUT2D eigenvalue weighted by Crippen LogP contribution is 2.12. The Morgan fingerprint density at radius 1 is 1.10 bits per heavy atom. The van der Waals surface area contributed by atoms with Gasteiger partial charge in [0.15, 0.2) is 0 Å². The van der Waals surface area contributed by atoms with Gasteiger partial charge in [-0.25, -0.2) is 4.79 Å². The van der Waals surface area contributed by atoms with Crippen molar-refractivity contribution in [3.05, 3.63) is 71.3 Å². The van der Waals surface area contributed by atoms with Gasteiger partial charge in [-0.1, -0.05) is 42.0 Å². The number of hydrogen-bond donors (Lipinski definition) is 1. The van der Waals surface area contributed by atoms with Crippen molar-refractivity contribution in [1.82, 2.24) is 0 Å². The van der Waals surface area contributed by atoms with E-state index in [1.807, 2.05) is 24.3 Å². The van der Waals surface area contributed by atoms with Gasteiger partial charge in [0.05, 0.1) is 7.11 Å². The van der Waals surface area contributed by atoms with Crippen molar-refractivity contribution in [2.24, 2.45) is 0 Å². The lowest BCUT2D eigenvalue weighted by Crippen LogP contribution is -1.99. The lowest BCUT2D eigenvalue weighted by molar-refractivity contribution is -0.134. The standard InChI is InChI=1S/C18H19NO2/c1-14-3-5-16(6-4-14)13-19-17-10-7-15(8-11-17)9-12-18(20)21-2/h3-12,19H,13H2,1-2H3/b12-9+. The maximum absolute atomic E-state index is 11.0. The Kier molecular flexibility index (Phi) is 5.16. The van der Waals surface area contributed by atoms with E-state index in [0.29, 0.717) is 0 Å². The van der Waals surface area contributed by atoms with Crippen LogP contribution in [0.3, 0.4) is 0 Å². The lowest BCUT2D eigenvalue weighted by Gasteiger charge is -2.07. The minimum Gasteiger partial charge on any atom is -0.466 e. The second-order valence-corrected chi connectivity index (χ2v) is 4.82. The van der Waals surface area contributed by atoms with Gasteiger partial charge in [-0.3, -0.25) is 0 Å². The fourth-order valence-corrected chi connectivity index (χ4v) is 1.85. The number of rotatable bonds is 5. The van der Waals surface area contributed by atoms with Gasteiger partial charge in [0.2, 0.25) is 0 Å². The van der Waals surface area contributed by atoms with E-state index in [0.717, 1.165) is 17.8 Å².